The number of halogens is 2. The summed E-state index contributed by atoms with van der Waals surface area (Å²) >= 11 is 0. The summed E-state index contributed by atoms with van der Waals surface area (Å²) in [7, 11) is 0. The number of hydrogen-bond acceptors (Lipinski definition) is 3. The predicted molar refractivity (Wildman–Crippen MR) is 49.7 cm³/mol. The summed E-state index contributed by atoms with van der Waals surface area (Å²) in [4.78, 5) is 14.0. The van der Waals surface area contributed by atoms with Gasteiger partial charge in [-0.05, 0) is 13.0 Å². The molecule has 0 spiro atoms. The molecule has 82 valence electrons. The fourth-order valence-corrected chi connectivity index (χ4v) is 1.27. The highest BCUT2D eigenvalue weighted by Gasteiger charge is 2.19. The highest BCUT2D eigenvalue weighted by molar-refractivity contribution is 5.73. The standard InChI is InChI=1S/C9H10F2N2O2/c1-4-2-6(12)5(3-7(14)15)8(13-4)9(10)11/h2,9H,3H2,1H3,(H2,12,13)(H,14,15). The Morgan fingerprint density at radius 1 is 1.67 bits per heavy atom. The van der Waals surface area contributed by atoms with Gasteiger partial charge in [0, 0.05) is 16.9 Å². The first-order chi connectivity index (χ1) is 6.91. The average Bonchev–Trinajstić information content (AvgIpc) is 2.08. The normalized spacial score (nSPS) is 10.7. The predicted octanol–water partition coefficient (Wildman–Crippen LogP) is 1.54. The number of carboxylic acid groups (broad SMARTS) is 1. The maximum Gasteiger partial charge on any atom is 0.307 e. The molecule has 0 fully saturated rings. The molecule has 1 heterocycles. The number of aliphatic carboxylic acids is 1. The molecule has 1 aromatic heterocycles. The van der Waals surface area contributed by atoms with Crippen molar-refractivity contribution < 1.29 is 18.7 Å². The van der Waals surface area contributed by atoms with Gasteiger partial charge >= 0.3 is 5.97 Å². The molecule has 0 unspecified atom stereocenters. The highest BCUT2D eigenvalue weighted by Crippen LogP contribution is 2.26. The zero-order valence-electron chi connectivity index (χ0n) is 8.00. The van der Waals surface area contributed by atoms with Crippen LogP contribution >= 0.6 is 0 Å². The van der Waals surface area contributed by atoms with Crippen molar-refractivity contribution in [3.05, 3.63) is 23.0 Å². The van der Waals surface area contributed by atoms with Gasteiger partial charge in [-0.15, -0.1) is 0 Å². The zero-order valence-corrected chi connectivity index (χ0v) is 8.00. The molecule has 1 aromatic rings. The molecule has 0 saturated carbocycles. The minimum atomic E-state index is -2.82. The Hall–Kier alpha value is -1.72. The number of hydrogen-bond donors (Lipinski definition) is 2. The lowest BCUT2D eigenvalue weighted by Gasteiger charge is -2.10. The summed E-state index contributed by atoms with van der Waals surface area (Å²) in [5, 5.41) is 8.54. The van der Waals surface area contributed by atoms with Gasteiger partial charge < -0.3 is 10.8 Å². The van der Waals surface area contributed by atoms with Gasteiger partial charge in [0.25, 0.3) is 6.43 Å². The van der Waals surface area contributed by atoms with Crippen LogP contribution in [0.15, 0.2) is 6.07 Å². The van der Waals surface area contributed by atoms with Crippen LogP contribution in [0.5, 0.6) is 0 Å². The topological polar surface area (TPSA) is 76.2 Å². The zero-order chi connectivity index (χ0) is 11.6. The van der Waals surface area contributed by atoms with E-state index in [0.29, 0.717) is 5.69 Å². The number of carboxylic acids is 1. The van der Waals surface area contributed by atoms with Crippen LogP contribution in [-0.4, -0.2) is 16.1 Å². The number of alkyl halides is 2. The van der Waals surface area contributed by atoms with Crippen LogP contribution in [-0.2, 0) is 11.2 Å². The van der Waals surface area contributed by atoms with E-state index < -0.39 is 24.5 Å². The molecule has 1 rings (SSSR count). The monoisotopic (exact) mass is 216 g/mol. The van der Waals surface area contributed by atoms with Crippen LogP contribution in [0.2, 0.25) is 0 Å². The molecule has 0 aliphatic carbocycles. The molecule has 3 N–H and O–H groups in total. The van der Waals surface area contributed by atoms with Crippen molar-refractivity contribution in [2.75, 3.05) is 5.73 Å². The van der Waals surface area contributed by atoms with E-state index in [1.165, 1.54) is 13.0 Å². The van der Waals surface area contributed by atoms with E-state index in [0.717, 1.165) is 0 Å². The van der Waals surface area contributed by atoms with E-state index in [2.05, 4.69) is 4.98 Å². The van der Waals surface area contributed by atoms with Crippen LogP contribution < -0.4 is 5.73 Å². The first kappa shape index (κ1) is 11.4. The van der Waals surface area contributed by atoms with Gasteiger partial charge in [0.15, 0.2) is 0 Å². The molecular weight excluding hydrogens is 206 g/mol. The highest BCUT2D eigenvalue weighted by atomic mass is 19.3. The smallest absolute Gasteiger partial charge is 0.307 e. The van der Waals surface area contributed by atoms with E-state index in [1.54, 1.807) is 0 Å². The molecule has 4 nitrogen and oxygen atoms in total. The number of pyridine rings is 1. The molecule has 0 amide bonds. The maximum absolute atomic E-state index is 12.5. The van der Waals surface area contributed by atoms with Crippen molar-refractivity contribution in [2.45, 2.75) is 19.8 Å². The molecule has 0 saturated heterocycles. The van der Waals surface area contributed by atoms with Gasteiger partial charge in [-0.3, -0.25) is 9.78 Å². The molecule has 15 heavy (non-hydrogen) atoms. The Labute approximate surface area is 84.7 Å². The Balaban J connectivity index is 3.26. The number of aromatic nitrogens is 1. The summed E-state index contributed by atoms with van der Waals surface area (Å²) in [6.07, 6.45) is -3.36. The Bertz CT molecular complexity index is 394. The third-order valence-electron chi connectivity index (χ3n) is 1.85. The van der Waals surface area contributed by atoms with Crippen LogP contribution in [0, 0.1) is 6.92 Å². The SMILES string of the molecule is Cc1cc(N)c(CC(=O)O)c(C(F)F)n1. The van der Waals surface area contributed by atoms with E-state index >= 15 is 0 Å². The number of nitrogen functional groups attached to an aromatic ring is 1. The van der Waals surface area contributed by atoms with Gasteiger partial charge in [0.05, 0.1) is 6.42 Å². The summed E-state index contributed by atoms with van der Waals surface area (Å²) < 4.78 is 25.1. The number of nitrogens with zero attached hydrogens (tertiary/aromatic N) is 1. The van der Waals surface area contributed by atoms with E-state index in [9.17, 15) is 13.6 Å². The lowest BCUT2D eigenvalue weighted by Crippen LogP contribution is -2.10. The molecule has 6 heteroatoms. The summed E-state index contributed by atoms with van der Waals surface area (Å²) in [6, 6.07) is 1.38. The number of nitrogens with two attached hydrogens (primary N) is 1. The third kappa shape index (κ3) is 2.61. The molecule has 0 bridgehead atoms. The van der Waals surface area contributed by atoms with Gasteiger partial charge in [-0.2, -0.15) is 0 Å². The van der Waals surface area contributed by atoms with Crippen molar-refractivity contribution in [1.82, 2.24) is 4.98 Å². The Morgan fingerprint density at radius 2 is 2.27 bits per heavy atom. The summed E-state index contributed by atoms with van der Waals surface area (Å²) in [6.45, 7) is 1.52. The lowest BCUT2D eigenvalue weighted by molar-refractivity contribution is -0.136. The van der Waals surface area contributed by atoms with Crippen LogP contribution in [0.25, 0.3) is 0 Å². The second kappa shape index (κ2) is 4.20. The van der Waals surface area contributed by atoms with E-state index in [4.69, 9.17) is 10.8 Å². The van der Waals surface area contributed by atoms with Crippen LogP contribution in [0.1, 0.15) is 23.4 Å². The molecular formula is C9H10F2N2O2. The second-order valence-electron chi connectivity index (χ2n) is 3.09. The molecule has 0 aliphatic heterocycles. The number of anilines is 1. The van der Waals surface area contributed by atoms with Crippen molar-refractivity contribution in [1.29, 1.82) is 0 Å². The molecule has 0 aromatic carbocycles. The lowest BCUT2D eigenvalue weighted by atomic mass is 10.1. The van der Waals surface area contributed by atoms with Crippen LogP contribution in [0.3, 0.4) is 0 Å². The average molecular weight is 216 g/mol. The quantitative estimate of drug-likeness (QED) is 0.803. The molecule has 0 radical (unpaired) electrons. The van der Waals surface area contributed by atoms with Crippen molar-refractivity contribution >= 4 is 11.7 Å². The first-order valence-electron chi connectivity index (χ1n) is 4.17. The first-order valence-corrected chi connectivity index (χ1v) is 4.17. The minimum absolute atomic E-state index is 0.0419. The van der Waals surface area contributed by atoms with Crippen molar-refractivity contribution in [3.63, 3.8) is 0 Å². The summed E-state index contributed by atoms with van der Waals surface area (Å²) in [5.41, 5.74) is 5.20. The second-order valence-corrected chi connectivity index (χ2v) is 3.09. The number of aryl methyl sites for hydroxylation is 1. The third-order valence-corrected chi connectivity index (χ3v) is 1.85. The Kier molecular flexibility index (Phi) is 3.18. The minimum Gasteiger partial charge on any atom is -0.481 e. The van der Waals surface area contributed by atoms with Crippen LogP contribution in [0.4, 0.5) is 14.5 Å². The van der Waals surface area contributed by atoms with Crippen molar-refractivity contribution in [2.24, 2.45) is 0 Å². The number of rotatable bonds is 3. The molecule has 0 aliphatic rings. The number of carbonyl (C=O) groups is 1. The summed E-state index contributed by atoms with van der Waals surface area (Å²) in [5.74, 6) is -1.21. The van der Waals surface area contributed by atoms with Gasteiger partial charge in [-0.1, -0.05) is 0 Å². The largest absolute Gasteiger partial charge is 0.481 e. The van der Waals surface area contributed by atoms with Gasteiger partial charge in [0.2, 0.25) is 0 Å². The van der Waals surface area contributed by atoms with Crippen molar-refractivity contribution in [3.8, 4) is 0 Å². The Morgan fingerprint density at radius 3 is 2.73 bits per heavy atom. The van der Waals surface area contributed by atoms with E-state index in [1.807, 2.05) is 0 Å². The fourth-order valence-electron chi connectivity index (χ4n) is 1.27. The molecule has 0 atom stereocenters. The van der Waals surface area contributed by atoms with E-state index in [-0.39, 0.29) is 11.3 Å². The fraction of sp³-hybridized carbons (Fsp3) is 0.333. The van der Waals surface area contributed by atoms with Gasteiger partial charge in [-0.25, -0.2) is 8.78 Å². The maximum atomic E-state index is 12.5. The van der Waals surface area contributed by atoms with Gasteiger partial charge in [0.1, 0.15) is 5.69 Å².